The molecule has 0 fully saturated rings. The van der Waals surface area contributed by atoms with Crippen molar-refractivity contribution in [3.63, 3.8) is 0 Å². The van der Waals surface area contributed by atoms with Gasteiger partial charge in [-0.25, -0.2) is 4.68 Å². The lowest BCUT2D eigenvalue weighted by Crippen LogP contribution is -2.08. The first kappa shape index (κ1) is 7.87. The summed E-state index contributed by atoms with van der Waals surface area (Å²) >= 11 is 0. The van der Waals surface area contributed by atoms with Crippen LogP contribution in [0.1, 0.15) is 5.69 Å². The van der Waals surface area contributed by atoms with Crippen molar-refractivity contribution in [1.29, 1.82) is 0 Å². The molecule has 1 heterocycles. The number of nitrogens with two attached hydrogens (primary N) is 2. The third kappa shape index (κ3) is 1.27. The molecule has 5 N–H and O–H groups in total. The molecule has 0 atom stereocenters. The maximum atomic E-state index is 8.59. The second-order valence-electron chi connectivity index (χ2n) is 2.33. The van der Waals surface area contributed by atoms with Crippen molar-refractivity contribution >= 4 is 11.5 Å². The zero-order valence-corrected chi connectivity index (χ0v) is 6.41. The molecule has 0 radical (unpaired) electrons. The van der Waals surface area contributed by atoms with E-state index in [0.29, 0.717) is 23.7 Å². The van der Waals surface area contributed by atoms with E-state index in [-0.39, 0.29) is 6.61 Å². The average molecular weight is 156 g/mol. The monoisotopic (exact) mass is 156 g/mol. The quantitative estimate of drug-likeness (QED) is 0.530. The zero-order valence-electron chi connectivity index (χ0n) is 6.41. The Morgan fingerprint density at radius 3 is 2.55 bits per heavy atom. The number of aryl methyl sites for hydroxylation is 1. The Morgan fingerprint density at radius 2 is 2.18 bits per heavy atom. The lowest BCUT2D eigenvalue weighted by Gasteiger charge is -1.99. The molecule has 0 aromatic carbocycles. The Morgan fingerprint density at radius 1 is 1.55 bits per heavy atom. The molecule has 0 aliphatic rings. The normalized spacial score (nSPS) is 10.4. The van der Waals surface area contributed by atoms with Crippen molar-refractivity contribution in [2.75, 3.05) is 18.1 Å². The van der Waals surface area contributed by atoms with E-state index in [4.69, 9.17) is 16.6 Å². The highest BCUT2D eigenvalue weighted by Gasteiger charge is 2.07. The van der Waals surface area contributed by atoms with E-state index in [1.54, 1.807) is 6.92 Å². The maximum absolute atomic E-state index is 8.59. The molecule has 0 unspecified atom stereocenters. The number of aromatic nitrogens is 2. The molecule has 0 saturated heterocycles. The van der Waals surface area contributed by atoms with Gasteiger partial charge in [-0.1, -0.05) is 0 Å². The molecular formula is C6H12N4O. The molecule has 5 nitrogen and oxygen atoms in total. The molecule has 0 spiro atoms. The molecule has 11 heavy (non-hydrogen) atoms. The van der Waals surface area contributed by atoms with Crippen LogP contribution >= 0.6 is 0 Å². The van der Waals surface area contributed by atoms with Gasteiger partial charge in [0.1, 0.15) is 5.82 Å². The fourth-order valence-corrected chi connectivity index (χ4v) is 0.878. The van der Waals surface area contributed by atoms with Crippen molar-refractivity contribution in [3.05, 3.63) is 5.69 Å². The fourth-order valence-electron chi connectivity index (χ4n) is 0.878. The maximum Gasteiger partial charge on any atom is 0.145 e. The zero-order chi connectivity index (χ0) is 8.43. The number of hydrogen-bond donors (Lipinski definition) is 3. The summed E-state index contributed by atoms with van der Waals surface area (Å²) in [4.78, 5) is 0. The summed E-state index contributed by atoms with van der Waals surface area (Å²) in [6.45, 7) is 2.19. The molecular weight excluding hydrogens is 144 g/mol. The van der Waals surface area contributed by atoms with E-state index in [2.05, 4.69) is 5.10 Å². The largest absolute Gasteiger partial charge is 0.394 e. The van der Waals surface area contributed by atoms with Crippen LogP contribution in [-0.2, 0) is 6.54 Å². The first-order chi connectivity index (χ1) is 5.16. The van der Waals surface area contributed by atoms with Gasteiger partial charge < -0.3 is 16.6 Å². The van der Waals surface area contributed by atoms with E-state index in [1.807, 2.05) is 0 Å². The number of nitrogen functional groups attached to an aromatic ring is 2. The van der Waals surface area contributed by atoms with Gasteiger partial charge in [-0.2, -0.15) is 5.10 Å². The van der Waals surface area contributed by atoms with Crippen molar-refractivity contribution in [2.45, 2.75) is 13.5 Å². The van der Waals surface area contributed by atoms with Gasteiger partial charge >= 0.3 is 0 Å². The van der Waals surface area contributed by atoms with Crippen LogP contribution in [0.2, 0.25) is 0 Å². The molecule has 0 aliphatic carbocycles. The predicted molar refractivity (Wildman–Crippen MR) is 42.9 cm³/mol. The third-order valence-electron chi connectivity index (χ3n) is 1.53. The Bertz CT molecular complexity index is 255. The van der Waals surface area contributed by atoms with Crippen molar-refractivity contribution in [2.24, 2.45) is 0 Å². The Labute approximate surface area is 64.6 Å². The van der Waals surface area contributed by atoms with Crippen LogP contribution in [0.15, 0.2) is 0 Å². The summed E-state index contributed by atoms with van der Waals surface area (Å²) in [6, 6.07) is 0. The summed E-state index contributed by atoms with van der Waals surface area (Å²) in [5.74, 6) is 0.427. The van der Waals surface area contributed by atoms with E-state index in [0.717, 1.165) is 0 Å². The third-order valence-corrected chi connectivity index (χ3v) is 1.53. The molecule has 62 valence electrons. The summed E-state index contributed by atoms with van der Waals surface area (Å²) in [7, 11) is 0. The van der Waals surface area contributed by atoms with Gasteiger partial charge in [0.15, 0.2) is 0 Å². The molecule has 0 amide bonds. The van der Waals surface area contributed by atoms with Gasteiger partial charge in [-0.05, 0) is 6.92 Å². The average Bonchev–Trinajstić information content (AvgIpc) is 2.19. The van der Waals surface area contributed by atoms with Crippen LogP contribution in [0.4, 0.5) is 11.5 Å². The van der Waals surface area contributed by atoms with Crippen molar-refractivity contribution < 1.29 is 5.11 Å². The molecule has 0 bridgehead atoms. The number of nitrogens with zero attached hydrogens (tertiary/aromatic N) is 2. The van der Waals surface area contributed by atoms with Crippen molar-refractivity contribution in [3.8, 4) is 0 Å². The molecule has 1 aromatic rings. The van der Waals surface area contributed by atoms with E-state index in [1.165, 1.54) is 4.68 Å². The van der Waals surface area contributed by atoms with Gasteiger partial charge in [0, 0.05) is 0 Å². The SMILES string of the molecule is Cc1nn(CCO)c(N)c1N. The van der Waals surface area contributed by atoms with Gasteiger partial charge in [-0.3, -0.25) is 0 Å². The van der Waals surface area contributed by atoms with Gasteiger partial charge in [0.2, 0.25) is 0 Å². The number of aliphatic hydroxyl groups excluding tert-OH is 1. The minimum atomic E-state index is 0.0186. The Kier molecular flexibility index (Phi) is 2.00. The highest BCUT2D eigenvalue weighted by Crippen LogP contribution is 2.17. The second-order valence-corrected chi connectivity index (χ2v) is 2.33. The van der Waals surface area contributed by atoms with Crippen LogP contribution in [0.5, 0.6) is 0 Å². The molecule has 1 aromatic heterocycles. The highest BCUT2D eigenvalue weighted by molar-refractivity contribution is 5.61. The number of hydrogen-bond acceptors (Lipinski definition) is 4. The minimum Gasteiger partial charge on any atom is -0.394 e. The predicted octanol–water partition coefficient (Wildman–Crippen LogP) is -0.652. The van der Waals surface area contributed by atoms with E-state index >= 15 is 0 Å². The fraction of sp³-hybridized carbons (Fsp3) is 0.500. The lowest BCUT2D eigenvalue weighted by atomic mass is 10.4. The molecule has 1 rings (SSSR count). The summed E-state index contributed by atoms with van der Waals surface area (Å²) in [5, 5.41) is 12.6. The standard InChI is InChI=1S/C6H12N4O/c1-4-5(7)6(8)10(9-4)2-3-11/h11H,2-3,7-8H2,1H3. The van der Waals surface area contributed by atoms with Gasteiger partial charge in [-0.15, -0.1) is 0 Å². The first-order valence-electron chi connectivity index (χ1n) is 3.36. The topological polar surface area (TPSA) is 90.1 Å². The number of rotatable bonds is 2. The highest BCUT2D eigenvalue weighted by atomic mass is 16.3. The van der Waals surface area contributed by atoms with Crippen LogP contribution < -0.4 is 11.5 Å². The lowest BCUT2D eigenvalue weighted by molar-refractivity contribution is 0.270. The van der Waals surface area contributed by atoms with Crippen LogP contribution in [-0.4, -0.2) is 21.5 Å². The number of anilines is 2. The van der Waals surface area contributed by atoms with Gasteiger partial charge in [0.25, 0.3) is 0 Å². The second kappa shape index (κ2) is 2.79. The van der Waals surface area contributed by atoms with E-state index < -0.39 is 0 Å². The molecule has 5 heteroatoms. The van der Waals surface area contributed by atoms with Crippen LogP contribution in [0.25, 0.3) is 0 Å². The Balaban J connectivity index is 2.98. The smallest absolute Gasteiger partial charge is 0.145 e. The van der Waals surface area contributed by atoms with E-state index in [9.17, 15) is 0 Å². The summed E-state index contributed by atoms with van der Waals surface area (Å²) in [6.07, 6.45) is 0. The van der Waals surface area contributed by atoms with Crippen molar-refractivity contribution in [1.82, 2.24) is 9.78 Å². The van der Waals surface area contributed by atoms with Crippen LogP contribution in [0, 0.1) is 6.92 Å². The number of aliphatic hydroxyl groups is 1. The van der Waals surface area contributed by atoms with Crippen LogP contribution in [0.3, 0.4) is 0 Å². The summed E-state index contributed by atoms with van der Waals surface area (Å²) < 4.78 is 1.49. The van der Waals surface area contributed by atoms with Gasteiger partial charge in [0.05, 0.1) is 24.5 Å². The minimum absolute atomic E-state index is 0.0186. The summed E-state index contributed by atoms with van der Waals surface area (Å²) in [5.41, 5.74) is 12.3. The molecule has 0 saturated carbocycles. The Hall–Kier alpha value is -1.23. The molecule has 0 aliphatic heterocycles. The first-order valence-corrected chi connectivity index (χ1v) is 3.36.